The topological polar surface area (TPSA) is 61.7 Å². The van der Waals surface area contributed by atoms with Crippen LogP contribution in [-0.4, -0.2) is 29.5 Å². The predicted molar refractivity (Wildman–Crippen MR) is 83.8 cm³/mol. The molecule has 0 bridgehead atoms. The standard InChI is InChI=1S/C16H17ClFNO3/c17-15-7-13(19-8-14(21)9-20)4-5-16(15)22-10-11-2-1-3-12(18)6-11/h1-7,14,19-21H,8-10H2. The van der Waals surface area contributed by atoms with E-state index in [1.54, 1.807) is 30.3 Å². The Labute approximate surface area is 133 Å². The lowest BCUT2D eigenvalue weighted by molar-refractivity contribution is 0.105. The second-order valence-electron chi connectivity index (χ2n) is 4.78. The van der Waals surface area contributed by atoms with E-state index in [1.807, 2.05) is 0 Å². The molecule has 0 saturated heterocycles. The first-order valence-electron chi connectivity index (χ1n) is 6.78. The zero-order chi connectivity index (χ0) is 15.9. The molecule has 6 heteroatoms. The van der Waals surface area contributed by atoms with Crippen molar-refractivity contribution in [1.82, 2.24) is 0 Å². The van der Waals surface area contributed by atoms with Crippen molar-refractivity contribution in [2.24, 2.45) is 0 Å². The smallest absolute Gasteiger partial charge is 0.138 e. The number of aliphatic hydroxyl groups excluding tert-OH is 2. The van der Waals surface area contributed by atoms with Crippen LogP contribution >= 0.6 is 11.6 Å². The molecule has 0 fully saturated rings. The van der Waals surface area contributed by atoms with Crippen LogP contribution in [-0.2, 0) is 6.61 Å². The molecule has 4 nitrogen and oxygen atoms in total. The number of nitrogens with one attached hydrogen (secondary N) is 1. The highest BCUT2D eigenvalue weighted by Gasteiger charge is 2.06. The van der Waals surface area contributed by atoms with Gasteiger partial charge in [0.15, 0.2) is 0 Å². The van der Waals surface area contributed by atoms with Crippen LogP contribution in [0.5, 0.6) is 5.75 Å². The fourth-order valence-corrected chi connectivity index (χ4v) is 2.05. The summed E-state index contributed by atoms with van der Waals surface area (Å²) in [6, 6.07) is 11.3. The van der Waals surface area contributed by atoms with Gasteiger partial charge in [-0.25, -0.2) is 4.39 Å². The first-order chi connectivity index (χ1) is 10.6. The van der Waals surface area contributed by atoms with Crippen molar-refractivity contribution in [1.29, 1.82) is 0 Å². The van der Waals surface area contributed by atoms with Crippen LogP contribution in [0, 0.1) is 5.82 Å². The molecule has 0 aromatic heterocycles. The largest absolute Gasteiger partial charge is 0.487 e. The Morgan fingerprint density at radius 2 is 2.05 bits per heavy atom. The van der Waals surface area contributed by atoms with E-state index in [-0.39, 0.29) is 25.6 Å². The highest BCUT2D eigenvalue weighted by Crippen LogP contribution is 2.28. The number of anilines is 1. The van der Waals surface area contributed by atoms with Gasteiger partial charge in [-0.3, -0.25) is 0 Å². The fraction of sp³-hybridized carbons (Fsp3) is 0.250. The number of halogens is 2. The first kappa shape index (κ1) is 16.5. The van der Waals surface area contributed by atoms with Crippen molar-refractivity contribution >= 4 is 17.3 Å². The molecule has 2 aromatic carbocycles. The zero-order valence-electron chi connectivity index (χ0n) is 11.8. The number of rotatable bonds is 7. The van der Waals surface area contributed by atoms with Gasteiger partial charge in [-0.15, -0.1) is 0 Å². The van der Waals surface area contributed by atoms with Crippen LogP contribution in [0.3, 0.4) is 0 Å². The van der Waals surface area contributed by atoms with Gasteiger partial charge in [0.1, 0.15) is 18.2 Å². The lowest BCUT2D eigenvalue weighted by atomic mass is 10.2. The summed E-state index contributed by atoms with van der Waals surface area (Å²) in [5, 5.41) is 21.4. The van der Waals surface area contributed by atoms with Gasteiger partial charge in [-0.05, 0) is 35.9 Å². The van der Waals surface area contributed by atoms with Crippen molar-refractivity contribution < 1.29 is 19.3 Å². The summed E-state index contributed by atoms with van der Waals surface area (Å²) in [4.78, 5) is 0. The van der Waals surface area contributed by atoms with E-state index in [0.717, 1.165) is 0 Å². The Hall–Kier alpha value is -1.82. The maximum absolute atomic E-state index is 13.1. The van der Waals surface area contributed by atoms with Gasteiger partial charge in [0.25, 0.3) is 0 Å². The van der Waals surface area contributed by atoms with Gasteiger partial charge in [0.2, 0.25) is 0 Å². The Balaban J connectivity index is 1.95. The molecule has 1 unspecified atom stereocenters. The van der Waals surface area contributed by atoms with E-state index in [2.05, 4.69) is 5.32 Å². The molecule has 2 rings (SSSR count). The molecule has 0 aliphatic carbocycles. The average Bonchev–Trinajstić information content (AvgIpc) is 2.51. The molecule has 0 aliphatic rings. The average molecular weight is 326 g/mol. The molecule has 0 radical (unpaired) electrons. The van der Waals surface area contributed by atoms with Crippen molar-refractivity contribution in [3.05, 3.63) is 58.9 Å². The van der Waals surface area contributed by atoms with Crippen molar-refractivity contribution in [2.75, 3.05) is 18.5 Å². The molecular weight excluding hydrogens is 309 g/mol. The molecule has 118 valence electrons. The maximum atomic E-state index is 13.1. The van der Waals surface area contributed by atoms with Gasteiger partial charge in [-0.2, -0.15) is 0 Å². The number of ether oxygens (including phenoxy) is 1. The van der Waals surface area contributed by atoms with Gasteiger partial charge in [-0.1, -0.05) is 23.7 Å². The minimum Gasteiger partial charge on any atom is -0.487 e. The Morgan fingerprint density at radius 1 is 1.23 bits per heavy atom. The van der Waals surface area contributed by atoms with Crippen LogP contribution in [0.4, 0.5) is 10.1 Å². The molecule has 2 aromatic rings. The number of hydrogen-bond acceptors (Lipinski definition) is 4. The van der Waals surface area contributed by atoms with Crippen molar-refractivity contribution in [3.8, 4) is 5.75 Å². The van der Waals surface area contributed by atoms with E-state index in [1.165, 1.54) is 12.1 Å². The molecule has 22 heavy (non-hydrogen) atoms. The number of benzene rings is 2. The molecular formula is C16H17ClFNO3. The Morgan fingerprint density at radius 3 is 2.73 bits per heavy atom. The molecule has 3 N–H and O–H groups in total. The Bertz CT molecular complexity index is 624. The minimum absolute atomic E-state index is 0.216. The summed E-state index contributed by atoms with van der Waals surface area (Å²) in [5.41, 5.74) is 1.42. The molecule has 0 saturated carbocycles. The lowest BCUT2D eigenvalue weighted by Gasteiger charge is -2.13. The molecule has 0 spiro atoms. The van der Waals surface area contributed by atoms with E-state index in [0.29, 0.717) is 22.0 Å². The van der Waals surface area contributed by atoms with Crippen molar-refractivity contribution in [3.63, 3.8) is 0 Å². The predicted octanol–water partition coefficient (Wildman–Crippen LogP) is 2.82. The van der Waals surface area contributed by atoms with Gasteiger partial charge < -0.3 is 20.3 Å². The van der Waals surface area contributed by atoms with E-state index >= 15 is 0 Å². The van der Waals surface area contributed by atoms with Crippen LogP contribution in [0.15, 0.2) is 42.5 Å². The van der Waals surface area contributed by atoms with Gasteiger partial charge in [0, 0.05) is 12.2 Å². The van der Waals surface area contributed by atoms with Crippen LogP contribution in [0.2, 0.25) is 5.02 Å². The zero-order valence-corrected chi connectivity index (χ0v) is 12.6. The highest BCUT2D eigenvalue weighted by atomic mass is 35.5. The van der Waals surface area contributed by atoms with E-state index in [4.69, 9.17) is 21.4 Å². The van der Waals surface area contributed by atoms with Crippen LogP contribution in [0.25, 0.3) is 0 Å². The van der Waals surface area contributed by atoms with Gasteiger partial charge in [0.05, 0.1) is 17.7 Å². The summed E-state index contributed by atoms with van der Waals surface area (Å²) in [5.74, 6) is 0.174. The summed E-state index contributed by atoms with van der Waals surface area (Å²) in [6.07, 6.45) is -0.831. The second kappa shape index (κ2) is 7.98. The molecule has 1 atom stereocenters. The fourth-order valence-electron chi connectivity index (χ4n) is 1.82. The number of hydrogen-bond donors (Lipinski definition) is 3. The second-order valence-corrected chi connectivity index (χ2v) is 5.19. The van der Waals surface area contributed by atoms with Gasteiger partial charge >= 0.3 is 0 Å². The minimum atomic E-state index is -0.831. The monoisotopic (exact) mass is 325 g/mol. The SMILES string of the molecule is OCC(O)CNc1ccc(OCc2cccc(F)c2)c(Cl)c1. The molecule has 0 heterocycles. The lowest BCUT2D eigenvalue weighted by Crippen LogP contribution is -2.22. The van der Waals surface area contributed by atoms with Crippen LogP contribution in [0.1, 0.15) is 5.56 Å². The maximum Gasteiger partial charge on any atom is 0.138 e. The Kier molecular flexibility index (Phi) is 6.00. The van der Waals surface area contributed by atoms with E-state index < -0.39 is 6.10 Å². The highest BCUT2D eigenvalue weighted by molar-refractivity contribution is 6.32. The normalized spacial score (nSPS) is 12.0. The van der Waals surface area contributed by atoms with Crippen molar-refractivity contribution in [2.45, 2.75) is 12.7 Å². The first-order valence-corrected chi connectivity index (χ1v) is 7.16. The molecule has 0 amide bonds. The summed E-state index contributed by atoms with van der Waals surface area (Å²) < 4.78 is 18.6. The third-order valence-electron chi connectivity index (χ3n) is 2.97. The van der Waals surface area contributed by atoms with E-state index in [9.17, 15) is 9.50 Å². The summed E-state index contributed by atoms with van der Waals surface area (Å²) in [6.45, 7) is 0.124. The third-order valence-corrected chi connectivity index (χ3v) is 3.26. The summed E-state index contributed by atoms with van der Waals surface area (Å²) >= 11 is 6.13. The van der Waals surface area contributed by atoms with Crippen LogP contribution < -0.4 is 10.1 Å². The summed E-state index contributed by atoms with van der Waals surface area (Å²) in [7, 11) is 0. The quantitative estimate of drug-likeness (QED) is 0.732. The molecule has 0 aliphatic heterocycles. The third kappa shape index (κ3) is 4.87. The number of aliphatic hydroxyl groups is 2.